The minimum Gasteiger partial charge on any atom is -0.0802 e. The molecule has 0 radical (unpaired) electrons. The van der Waals surface area contributed by atoms with Crippen LogP contribution >= 0.6 is 0 Å². The van der Waals surface area contributed by atoms with E-state index in [4.69, 9.17) is 0 Å². The minimum absolute atomic E-state index is 0.666. The maximum absolute atomic E-state index is 2.43. The van der Waals surface area contributed by atoms with E-state index in [1.165, 1.54) is 39.8 Å². The van der Waals surface area contributed by atoms with Gasteiger partial charge in [-0.25, -0.2) is 0 Å². The Morgan fingerprint density at radius 1 is 0.750 bits per heavy atom. The van der Waals surface area contributed by atoms with Crippen LogP contribution in [0.15, 0.2) is 97.1 Å². The van der Waals surface area contributed by atoms with Crippen molar-refractivity contribution in [2.75, 3.05) is 0 Å². The Balaban J connectivity index is 1.75. The van der Waals surface area contributed by atoms with Crippen LogP contribution in [0, 0.1) is 11.8 Å². The summed E-state index contributed by atoms with van der Waals surface area (Å²) in [5, 5.41) is 0. The zero-order chi connectivity index (χ0) is 19.3. The summed E-state index contributed by atoms with van der Waals surface area (Å²) in [5.74, 6) is 1.41. The number of hydrogen-bond donors (Lipinski definition) is 0. The molecule has 0 bridgehead atoms. The predicted octanol–water partition coefficient (Wildman–Crippen LogP) is 8.03. The second-order valence-electron chi connectivity index (χ2n) is 7.83. The van der Waals surface area contributed by atoms with Gasteiger partial charge < -0.3 is 0 Å². The van der Waals surface area contributed by atoms with Crippen LogP contribution in [0.5, 0.6) is 0 Å². The van der Waals surface area contributed by atoms with Crippen LogP contribution in [0.2, 0.25) is 0 Å². The first-order valence-electron chi connectivity index (χ1n) is 10.4. The van der Waals surface area contributed by atoms with Gasteiger partial charge in [0.15, 0.2) is 0 Å². The van der Waals surface area contributed by atoms with Crippen LogP contribution in [-0.2, 0) is 0 Å². The minimum atomic E-state index is 0.666. The number of benzene rings is 3. The molecule has 0 saturated carbocycles. The molecule has 4 rings (SSSR count). The molecule has 0 spiro atoms. The van der Waals surface area contributed by atoms with E-state index >= 15 is 0 Å². The van der Waals surface area contributed by atoms with E-state index in [9.17, 15) is 0 Å². The van der Waals surface area contributed by atoms with Gasteiger partial charge in [-0.15, -0.1) is 0 Å². The van der Waals surface area contributed by atoms with Crippen molar-refractivity contribution >= 4 is 5.57 Å². The standard InChI is InChI=1S/C28H28/c1-3-21(2)22-14-16-25(17-15-22)28-19-26(23-10-6-4-7-11-23)18-27(20-28)24-12-8-5-9-13-24/h4-14,16-22H,3,15H2,1-2H3/t21-,22?/m1/s1. The van der Waals surface area contributed by atoms with Crippen molar-refractivity contribution in [1.29, 1.82) is 0 Å². The smallest absolute Gasteiger partial charge is 0.0170 e. The molecular formula is C28H28. The Labute approximate surface area is 169 Å². The molecule has 0 amide bonds. The highest BCUT2D eigenvalue weighted by Gasteiger charge is 2.16. The summed E-state index contributed by atoms with van der Waals surface area (Å²) in [5.41, 5.74) is 7.72. The Kier molecular flexibility index (Phi) is 5.58. The van der Waals surface area contributed by atoms with Gasteiger partial charge in [0, 0.05) is 0 Å². The number of hydrogen-bond acceptors (Lipinski definition) is 0. The lowest BCUT2D eigenvalue weighted by atomic mass is 9.83. The van der Waals surface area contributed by atoms with Gasteiger partial charge >= 0.3 is 0 Å². The van der Waals surface area contributed by atoms with Gasteiger partial charge in [-0.2, -0.15) is 0 Å². The molecule has 140 valence electrons. The molecule has 0 saturated heterocycles. The molecule has 0 heteroatoms. The summed E-state index contributed by atoms with van der Waals surface area (Å²) >= 11 is 0. The molecule has 0 N–H and O–H groups in total. The van der Waals surface area contributed by atoms with E-state index in [-0.39, 0.29) is 0 Å². The van der Waals surface area contributed by atoms with Gasteiger partial charge in [-0.1, -0.05) is 99.2 Å². The third-order valence-corrected chi connectivity index (χ3v) is 5.99. The molecule has 3 aromatic rings. The fourth-order valence-corrected chi connectivity index (χ4v) is 3.96. The number of allylic oxidation sites excluding steroid dienone is 4. The van der Waals surface area contributed by atoms with Gasteiger partial charge in [-0.3, -0.25) is 0 Å². The van der Waals surface area contributed by atoms with Crippen molar-refractivity contribution in [3.8, 4) is 22.3 Å². The SMILES string of the molecule is CC[C@@H](C)C1C=CC(c2cc(-c3ccccc3)cc(-c3ccccc3)c2)=CC1. The summed E-state index contributed by atoms with van der Waals surface area (Å²) in [6.45, 7) is 4.64. The highest BCUT2D eigenvalue weighted by atomic mass is 14.2. The molecule has 1 unspecified atom stereocenters. The maximum Gasteiger partial charge on any atom is -0.0170 e. The third-order valence-electron chi connectivity index (χ3n) is 5.99. The van der Waals surface area contributed by atoms with Crippen molar-refractivity contribution in [2.24, 2.45) is 11.8 Å². The van der Waals surface area contributed by atoms with Crippen molar-refractivity contribution in [3.63, 3.8) is 0 Å². The molecule has 2 atom stereocenters. The van der Waals surface area contributed by atoms with Gasteiger partial charge in [0.2, 0.25) is 0 Å². The van der Waals surface area contributed by atoms with E-state index in [0.29, 0.717) is 5.92 Å². The van der Waals surface area contributed by atoms with Gasteiger partial charge in [0.05, 0.1) is 0 Å². The molecule has 0 fully saturated rings. The summed E-state index contributed by atoms with van der Waals surface area (Å²) in [6, 6.07) is 28.3. The van der Waals surface area contributed by atoms with Crippen LogP contribution in [0.1, 0.15) is 32.3 Å². The first-order valence-corrected chi connectivity index (χ1v) is 10.4. The van der Waals surface area contributed by atoms with Crippen LogP contribution in [0.3, 0.4) is 0 Å². The summed E-state index contributed by atoms with van der Waals surface area (Å²) in [4.78, 5) is 0. The second kappa shape index (κ2) is 8.44. The van der Waals surface area contributed by atoms with Crippen molar-refractivity contribution in [3.05, 3.63) is 103 Å². The molecule has 0 heterocycles. The lowest BCUT2D eigenvalue weighted by molar-refractivity contribution is 0.418. The lowest BCUT2D eigenvalue weighted by Crippen LogP contribution is -2.09. The Bertz CT molecular complexity index is 919. The van der Waals surface area contributed by atoms with Crippen LogP contribution < -0.4 is 0 Å². The highest BCUT2D eigenvalue weighted by molar-refractivity contribution is 5.83. The zero-order valence-electron chi connectivity index (χ0n) is 16.8. The molecule has 0 aliphatic heterocycles. The third kappa shape index (κ3) is 4.02. The van der Waals surface area contributed by atoms with Crippen LogP contribution in [0.25, 0.3) is 27.8 Å². The first-order chi connectivity index (χ1) is 13.7. The van der Waals surface area contributed by atoms with Crippen LogP contribution in [0.4, 0.5) is 0 Å². The Morgan fingerprint density at radius 3 is 1.75 bits per heavy atom. The molecule has 0 nitrogen and oxygen atoms in total. The van der Waals surface area contributed by atoms with E-state index in [0.717, 1.165) is 12.3 Å². The van der Waals surface area contributed by atoms with Gasteiger partial charge in [0.1, 0.15) is 0 Å². The maximum atomic E-state index is 2.43. The lowest BCUT2D eigenvalue weighted by Gasteiger charge is -2.22. The summed E-state index contributed by atoms with van der Waals surface area (Å²) in [7, 11) is 0. The summed E-state index contributed by atoms with van der Waals surface area (Å²) < 4.78 is 0. The van der Waals surface area contributed by atoms with E-state index in [2.05, 4.69) is 111 Å². The molecule has 3 aromatic carbocycles. The zero-order valence-corrected chi connectivity index (χ0v) is 16.8. The Hall–Kier alpha value is -2.86. The van der Waals surface area contributed by atoms with Crippen molar-refractivity contribution in [2.45, 2.75) is 26.7 Å². The molecule has 28 heavy (non-hydrogen) atoms. The highest BCUT2D eigenvalue weighted by Crippen LogP contribution is 2.34. The van der Waals surface area contributed by atoms with Crippen LogP contribution in [-0.4, -0.2) is 0 Å². The quantitative estimate of drug-likeness (QED) is 0.430. The van der Waals surface area contributed by atoms with Gasteiger partial charge in [-0.05, 0) is 69.8 Å². The molecule has 0 aromatic heterocycles. The average molecular weight is 365 g/mol. The fourth-order valence-electron chi connectivity index (χ4n) is 3.96. The summed E-state index contributed by atoms with van der Waals surface area (Å²) in [6.07, 6.45) is 9.55. The Morgan fingerprint density at radius 2 is 1.29 bits per heavy atom. The van der Waals surface area contributed by atoms with E-state index < -0.39 is 0 Å². The normalized spacial score (nSPS) is 17.2. The van der Waals surface area contributed by atoms with Crippen molar-refractivity contribution < 1.29 is 0 Å². The fraction of sp³-hybridized carbons (Fsp3) is 0.214. The molecular weight excluding hydrogens is 336 g/mol. The topological polar surface area (TPSA) is 0 Å². The molecule has 1 aliphatic carbocycles. The molecule has 1 aliphatic rings. The average Bonchev–Trinajstić information content (AvgIpc) is 2.79. The monoisotopic (exact) mass is 364 g/mol. The van der Waals surface area contributed by atoms with E-state index in [1.807, 2.05) is 0 Å². The predicted molar refractivity (Wildman–Crippen MR) is 122 cm³/mol. The van der Waals surface area contributed by atoms with Crippen molar-refractivity contribution in [1.82, 2.24) is 0 Å². The number of rotatable bonds is 5. The van der Waals surface area contributed by atoms with Gasteiger partial charge in [0.25, 0.3) is 0 Å². The second-order valence-corrected chi connectivity index (χ2v) is 7.83. The first kappa shape index (κ1) is 18.5. The van der Waals surface area contributed by atoms with E-state index in [1.54, 1.807) is 0 Å². The largest absolute Gasteiger partial charge is 0.0802 e.